The van der Waals surface area contributed by atoms with Crippen LogP contribution in [0.2, 0.25) is 0 Å². The van der Waals surface area contributed by atoms with Crippen molar-refractivity contribution in [2.24, 2.45) is 23.7 Å². The fourth-order valence-corrected chi connectivity index (χ4v) is 8.10. The first kappa shape index (κ1) is 48.3. The van der Waals surface area contributed by atoms with Gasteiger partial charge in [0.25, 0.3) is 3.79 Å². The van der Waals surface area contributed by atoms with E-state index in [4.69, 9.17) is 107 Å². The van der Waals surface area contributed by atoms with Crippen molar-refractivity contribution in [3.63, 3.8) is 0 Å². The van der Waals surface area contributed by atoms with Crippen molar-refractivity contribution in [2.75, 3.05) is 26.4 Å². The van der Waals surface area contributed by atoms with Crippen LogP contribution >= 0.6 is 34.8 Å². The molecule has 61 heavy (non-hydrogen) atoms. The number of halogens is 3. The highest BCUT2D eigenvalue weighted by atomic mass is 35.6. The Balaban J connectivity index is 0.000000167. The number of rotatable bonds is 9. The van der Waals surface area contributed by atoms with Gasteiger partial charge >= 0.3 is 23.9 Å². The van der Waals surface area contributed by atoms with E-state index in [2.05, 4.69) is 0 Å². The van der Waals surface area contributed by atoms with E-state index in [1.165, 1.54) is 27.7 Å². The van der Waals surface area contributed by atoms with Gasteiger partial charge in [-0.1, -0.05) is 62.5 Å². The highest BCUT2D eigenvalue weighted by Gasteiger charge is 2.64. The lowest BCUT2D eigenvalue weighted by molar-refractivity contribution is -0.302. The van der Waals surface area contributed by atoms with E-state index in [0.29, 0.717) is 13.2 Å². The van der Waals surface area contributed by atoms with Crippen molar-refractivity contribution >= 4 is 64.6 Å². The number of alkyl halides is 3. The number of carbonyl (C=O) groups is 4. The highest BCUT2D eigenvalue weighted by Crippen LogP contribution is 2.45. The van der Waals surface area contributed by atoms with Crippen molar-refractivity contribution in [1.82, 2.24) is 0 Å². The second-order valence-electron chi connectivity index (χ2n) is 16.2. The summed E-state index contributed by atoms with van der Waals surface area (Å²) in [5.41, 5.74) is 0. The molecular formula is C38H54Cl3NO19. The smallest absolute Gasteiger partial charge is 0.303 e. The predicted octanol–water partition coefficient (Wildman–Crippen LogP) is 2.10. The second-order valence-corrected chi connectivity index (χ2v) is 18.5. The molecule has 0 spiro atoms. The van der Waals surface area contributed by atoms with Crippen LogP contribution in [0.5, 0.6) is 0 Å². The highest BCUT2D eigenvalue weighted by molar-refractivity contribution is 6.76. The standard InChI is InChI=1S/C18H26O9.C14H20Cl3NO6.C6H8O4/c1-7-8(2)13(23-10(4)20)18(24-11(7)5-21-9(3)19)27-14-12-6-22-17(25-12)16-15(14)26-16;1-6-7(2)11(22-9(4)20)12(24-13(18)14(15,16)17)23-10(6)5-21-8(3)19;7-3-2-1-8-6(9-2)5-4(3)10-5/h7-8,11-18H,5-6H2,1-4H3;6-7,10-12,18H,5H2,1-4H3;2-7H,1H2/t7-,8-,11?,12?,13?,14+,15+,16?,17+,18-;6-,7-,10?,11?,12?;2?,3-,4-,5?,6-/m001/s1. The Bertz CT molecular complexity index is 1600. The van der Waals surface area contributed by atoms with Crippen molar-refractivity contribution in [2.45, 2.75) is 158 Å². The summed E-state index contributed by atoms with van der Waals surface area (Å²) in [6.07, 6.45) is -6.24. The molecule has 9 unspecified atom stereocenters. The van der Waals surface area contributed by atoms with Gasteiger partial charge in [0, 0.05) is 39.5 Å². The van der Waals surface area contributed by atoms with Crippen LogP contribution in [0.4, 0.5) is 0 Å². The lowest BCUT2D eigenvalue weighted by Crippen LogP contribution is -2.56. The van der Waals surface area contributed by atoms with Crippen LogP contribution in [0.3, 0.4) is 0 Å². The largest absolute Gasteiger partial charge is 0.463 e. The van der Waals surface area contributed by atoms with Crippen LogP contribution in [0, 0.1) is 29.1 Å². The molecule has 2 N–H and O–H groups in total. The molecule has 0 saturated carbocycles. The van der Waals surface area contributed by atoms with Crippen LogP contribution in [-0.4, -0.2) is 164 Å². The lowest BCUT2D eigenvalue weighted by atomic mass is 9.83. The van der Waals surface area contributed by atoms with Crippen LogP contribution < -0.4 is 0 Å². The monoisotopic (exact) mass is 933 g/mol. The molecule has 0 aromatic carbocycles. The Hall–Kier alpha value is -2.18. The number of epoxide rings is 2. The Morgan fingerprint density at radius 3 is 1.56 bits per heavy atom. The summed E-state index contributed by atoms with van der Waals surface area (Å²) in [5, 5.41) is 17.1. The van der Waals surface area contributed by atoms with E-state index < -0.39 is 64.6 Å². The maximum Gasteiger partial charge on any atom is 0.303 e. The summed E-state index contributed by atoms with van der Waals surface area (Å²) in [6, 6.07) is 0. The Kier molecular flexibility index (Phi) is 15.8. The quantitative estimate of drug-likeness (QED) is 0.0839. The van der Waals surface area contributed by atoms with Gasteiger partial charge in [-0.3, -0.25) is 24.6 Å². The number of nitrogens with one attached hydrogen (secondary N) is 1. The third-order valence-corrected chi connectivity index (χ3v) is 12.4. The van der Waals surface area contributed by atoms with Gasteiger partial charge in [-0.05, 0) is 11.8 Å². The van der Waals surface area contributed by atoms with Crippen molar-refractivity contribution in [3.05, 3.63) is 0 Å². The van der Waals surface area contributed by atoms with Crippen molar-refractivity contribution in [3.8, 4) is 0 Å². The van der Waals surface area contributed by atoms with Crippen LogP contribution in [0.15, 0.2) is 0 Å². The van der Waals surface area contributed by atoms with E-state index in [0.717, 1.165) is 0 Å². The normalized spacial score (nSPS) is 43.6. The van der Waals surface area contributed by atoms with Gasteiger partial charge in [-0.2, -0.15) is 0 Å². The van der Waals surface area contributed by atoms with Gasteiger partial charge in [-0.25, -0.2) is 0 Å². The molecule has 4 bridgehead atoms. The minimum atomic E-state index is -2.08. The number of fused-ring (bicyclic) bond motifs is 8. The van der Waals surface area contributed by atoms with E-state index in [1.54, 1.807) is 0 Å². The second kappa shape index (κ2) is 19.9. The fraction of sp³-hybridized carbons (Fsp3) is 0.868. The molecular weight excluding hydrogens is 881 g/mol. The zero-order valence-corrected chi connectivity index (χ0v) is 37.1. The molecule has 0 radical (unpaired) electrons. The summed E-state index contributed by atoms with van der Waals surface area (Å²) < 4.78 is 74.6. The maximum absolute atomic E-state index is 11.6. The minimum absolute atomic E-state index is 0.000253. The molecule has 8 aliphatic heterocycles. The number of ether oxygens (including phenoxy) is 14. The summed E-state index contributed by atoms with van der Waals surface area (Å²) in [6.45, 7) is 14.0. The molecule has 8 rings (SSSR count). The summed E-state index contributed by atoms with van der Waals surface area (Å²) in [4.78, 5) is 45.2. The average Bonchev–Trinajstić information content (AvgIpc) is 4.08. The topological polar surface area (TPSA) is 248 Å². The van der Waals surface area contributed by atoms with Crippen molar-refractivity contribution < 1.29 is 90.6 Å². The van der Waals surface area contributed by atoms with E-state index >= 15 is 0 Å². The summed E-state index contributed by atoms with van der Waals surface area (Å²) in [5.74, 6) is -2.81. The number of hydrogen-bond acceptors (Lipinski definition) is 20. The number of hydrogen-bond donors (Lipinski definition) is 2. The number of carbonyl (C=O) groups excluding carboxylic acids is 4. The Morgan fingerprint density at radius 1 is 0.590 bits per heavy atom. The minimum Gasteiger partial charge on any atom is -0.463 e. The molecule has 8 aliphatic rings. The first-order chi connectivity index (χ1) is 28.6. The molecule has 20 nitrogen and oxygen atoms in total. The number of aliphatic hydroxyl groups is 1. The van der Waals surface area contributed by atoms with E-state index in [1.807, 2.05) is 27.7 Å². The lowest BCUT2D eigenvalue weighted by Gasteiger charge is -2.44. The Morgan fingerprint density at radius 2 is 1.05 bits per heavy atom. The van der Waals surface area contributed by atoms with Gasteiger partial charge in [0.2, 0.25) is 12.2 Å². The molecule has 8 fully saturated rings. The van der Waals surface area contributed by atoms with Gasteiger partial charge in [-0.15, -0.1) is 0 Å². The van der Waals surface area contributed by atoms with E-state index in [9.17, 15) is 24.3 Å². The van der Waals surface area contributed by atoms with Gasteiger partial charge in [0.15, 0.2) is 31.1 Å². The summed E-state index contributed by atoms with van der Waals surface area (Å²) >= 11 is 16.8. The Labute approximate surface area is 367 Å². The molecule has 20 atom stereocenters. The first-order valence-electron chi connectivity index (χ1n) is 20.1. The van der Waals surface area contributed by atoms with E-state index in [-0.39, 0.29) is 104 Å². The van der Waals surface area contributed by atoms with Crippen LogP contribution in [0.1, 0.15) is 55.4 Å². The zero-order valence-electron chi connectivity index (χ0n) is 34.8. The van der Waals surface area contributed by atoms with Gasteiger partial charge in [0.1, 0.15) is 62.0 Å². The summed E-state index contributed by atoms with van der Waals surface area (Å²) in [7, 11) is 0. The molecule has 0 aromatic heterocycles. The molecule has 0 amide bonds. The zero-order chi connectivity index (χ0) is 44.7. The van der Waals surface area contributed by atoms with Crippen molar-refractivity contribution in [1.29, 1.82) is 5.41 Å². The third-order valence-electron chi connectivity index (χ3n) is 11.8. The van der Waals surface area contributed by atoms with Crippen LogP contribution in [0.25, 0.3) is 0 Å². The average molecular weight is 935 g/mol. The van der Waals surface area contributed by atoms with Crippen LogP contribution in [-0.2, 0) is 85.5 Å². The molecule has 0 aromatic rings. The third kappa shape index (κ3) is 11.8. The molecule has 8 saturated heterocycles. The number of esters is 4. The maximum atomic E-state index is 11.6. The first-order valence-corrected chi connectivity index (χ1v) is 21.2. The number of aliphatic hydroxyl groups excluding tert-OH is 1. The fourth-order valence-electron chi connectivity index (χ4n) is 7.97. The predicted molar refractivity (Wildman–Crippen MR) is 205 cm³/mol. The molecule has 0 aliphatic carbocycles. The SMILES string of the molecule is CC(=O)OCC1OC(OC(=N)C(Cl)(Cl)Cl)C(OC(C)=O)[C@@H](C)[C@@H]1C.CC(=O)OCC1O[C@@H](O[C@@H]2C3CO[C@H](O3)C3O[C@@H]32)C(OC(C)=O)[C@@H](C)[C@@H]1C.O[C@@H]1C2CO[C@H](O2)C2O[C@@H]21. The molecule has 23 heteroatoms. The molecule has 346 valence electrons. The van der Waals surface area contributed by atoms with Gasteiger partial charge < -0.3 is 71.4 Å². The molecule has 8 heterocycles. The van der Waals surface area contributed by atoms with Gasteiger partial charge in [0.05, 0.1) is 25.4 Å².